The molecule has 1 amide bonds. The summed E-state index contributed by atoms with van der Waals surface area (Å²) in [5.74, 6) is -1.69. The number of aromatic nitrogens is 3. The van der Waals surface area contributed by atoms with E-state index in [4.69, 9.17) is 4.42 Å². The zero-order valence-corrected chi connectivity index (χ0v) is 15.9. The first-order valence-electron chi connectivity index (χ1n) is 9.26. The third-order valence-electron chi connectivity index (χ3n) is 5.05. The number of aliphatic hydroxyl groups is 1. The number of Topliss-reactive ketones (excluding diaryl/α,β-unsaturated/α-hetero) is 1. The van der Waals surface area contributed by atoms with Crippen molar-refractivity contribution in [1.82, 2.24) is 15.0 Å². The van der Waals surface area contributed by atoms with Gasteiger partial charge in [-0.05, 0) is 48.4 Å². The lowest BCUT2D eigenvalue weighted by atomic mass is 9.96. The molecule has 1 unspecified atom stereocenters. The van der Waals surface area contributed by atoms with Gasteiger partial charge in [0.05, 0.1) is 28.9 Å². The number of nitrogens with one attached hydrogen (secondary N) is 1. The number of ketones is 1. The summed E-state index contributed by atoms with van der Waals surface area (Å²) in [5.41, 5.74) is 2.91. The molecule has 5 rings (SSSR count). The van der Waals surface area contributed by atoms with Gasteiger partial charge in [0, 0.05) is 12.4 Å². The normalized spacial score (nSPS) is 16.6. The van der Waals surface area contributed by atoms with Crippen molar-refractivity contribution < 1.29 is 19.1 Å². The van der Waals surface area contributed by atoms with Gasteiger partial charge in [0.2, 0.25) is 11.7 Å². The summed E-state index contributed by atoms with van der Waals surface area (Å²) >= 11 is 0. The molecule has 0 saturated carbocycles. The van der Waals surface area contributed by atoms with Crippen LogP contribution in [0.1, 0.15) is 27.7 Å². The Hall–Kier alpha value is -4.20. The van der Waals surface area contributed by atoms with Crippen molar-refractivity contribution in [2.75, 3.05) is 4.90 Å². The fraction of sp³-hybridized carbons (Fsp3) is 0.0909. The van der Waals surface area contributed by atoms with E-state index in [2.05, 4.69) is 15.0 Å². The molecule has 148 valence electrons. The number of pyridine rings is 1. The molecule has 0 aliphatic carbocycles. The molecule has 0 spiro atoms. The Bertz CT molecular complexity index is 1310. The van der Waals surface area contributed by atoms with Crippen LogP contribution in [-0.4, -0.2) is 31.7 Å². The number of benzene rings is 1. The zero-order valence-electron chi connectivity index (χ0n) is 15.9. The number of furan rings is 1. The van der Waals surface area contributed by atoms with Crippen LogP contribution < -0.4 is 4.90 Å². The topological polar surface area (TPSA) is 112 Å². The average molecular weight is 400 g/mol. The second kappa shape index (κ2) is 6.70. The summed E-state index contributed by atoms with van der Waals surface area (Å²) in [6.45, 7) is 1.95. The number of imidazole rings is 1. The number of fused-ring (bicyclic) bond motifs is 1. The lowest BCUT2D eigenvalue weighted by Crippen LogP contribution is -2.32. The van der Waals surface area contributed by atoms with Crippen LogP contribution in [0.25, 0.3) is 11.0 Å². The molecule has 30 heavy (non-hydrogen) atoms. The van der Waals surface area contributed by atoms with Gasteiger partial charge in [-0.15, -0.1) is 0 Å². The summed E-state index contributed by atoms with van der Waals surface area (Å²) in [5, 5.41) is 10.7. The average Bonchev–Trinajstić information content (AvgIpc) is 3.47. The van der Waals surface area contributed by atoms with E-state index in [1.807, 2.05) is 25.1 Å². The van der Waals surface area contributed by atoms with Crippen molar-refractivity contribution in [2.45, 2.75) is 13.0 Å². The number of H-pyrrole nitrogens is 1. The standard InChI is InChI=1S/C22H16N4O4/c1-12-6-7-14-15(10-12)25-22(24-14)26-18(13-4-2-8-23-11-13)17(20(28)21(26)29)19(27)16-5-3-9-30-16/h2-11,18,28H,1H3,(H,24,25). The van der Waals surface area contributed by atoms with Gasteiger partial charge in [-0.1, -0.05) is 12.1 Å². The lowest BCUT2D eigenvalue weighted by molar-refractivity contribution is -0.117. The van der Waals surface area contributed by atoms with E-state index in [0.29, 0.717) is 11.1 Å². The molecule has 0 radical (unpaired) electrons. The first-order valence-corrected chi connectivity index (χ1v) is 9.26. The van der Waals surface area contributed by atoms with E-state index in [-0.39, 0.29) is 17.3 Å². The highest BCUT2D eigenvalue weighted by atomic mass is 16.3. The van der Waals surface area contributed by atoms with Crippen LogP contribution in [0, 0.1) is 6.92 Å². The molecular formula is C22H16N4O4. The number of carbonyl (C=O) groups excluding carboxylic acids is 2. The fourth-order valence-electron chi connectivity index (χ4n) is 3.67. The molecule has 4 aromatic rings. The van der Waals surface area contributed by atoms with Crippen molar-refractivity contribution in [3.05, 3.63) is 89.3 Å². The third kappa shape index (κ3) is 2.69. The van der Waals surface area contributed by atoms with Gasteiger partial charge in [0.15, 0.2) is 11.5 Å². The minimum atomic E-state index is -0.912. The molecule has 1 atom stereocenters. The third-order valence-corrected chi connectivity index (χ3v) is 5.05. The number of amides is 1. The van der Waals surface area contributed by atoms with E-state index in [1.165, 1.54) is 17.2 Å². The number of nitrogens with zero attached hydrogens (tertiary/aromatic N) is 3. The van der Waals surface area contributed by atoms with E-state index in [1.54, 1.807) is 30.6 Å². The van der Waals surface area contributed by atoms with Crippen molar-refractivity contribution in [3.63, 3.8) is 0 Å². The Morgan fingerprint density at radius 2 is 2.10 bits per heavy atom. The Balaban J connectivity index is 1.68. The summed E-state index contributed by atoms with van der Waals surface area (Å²) in [7, 11) is 0. The number of aryl methyl sites for hydroxylation is 1. The van der Waals surface area contributed by atoms with Crippen molar-refractivity contribution in [2.24, 2.45) is 0 Å². The SMILES string of the molecule is Cc1ccc2nc(N3C(=O)C(O)=C(C(=O)c4ccco4)C3c3cccnc3)[nH]c2c1. The van der Waals surface area contributed by atoms with E-state index < -0.39 is 23.5 Å². The number of hydrogen-bond donors (Lipinski definition) is 2. The number of aromatic amines is 1. The lowest BCUT2D eigenvalue weighted by Gasteiger charge is -2.23. The van der Waals surface area contributed by atoms with Crippen molar-refractivity contribution >= 4 is 28.7 Å². The monoisotopic (exact) mass is 400 g/mol. The van der Waals surface area contributed by atoms with Gasteiger partial charge in [-0.3, -0.25) is 19.5 Å². The summed E-state index contributed by atoms with van der Waals surface area (Å²) in [4.78, 5) is 39.2. The maximum Gasteiger partial charge on any atom is 0.296 e. The Kier molecular flexibility index (Phi) is 3.99. The number of anilines is 1. The highest BCUT2D eigenvalue weighted by Crippen LogP contribution is 2.41. The van der Waals surface area contributed by atoms with Crippen LogP contribution in [0.5, 0.6) is 0 Å². The van der Waals surface area contributed by atoms with Gasteiger partial charge in [0.25, 0.3) is 5.91 Å². The number of hydrogen-bond acceptors (Lipinski definition) is 6. The van der Waals surface area contributed by atoms with Crippen LogP contribution >= 0.6 is 0 Å². The predicted octanol–water partition coefficient (Wildman–Crippen LogP) is 3.64. The zero-order chi connectivity index (χ0) is 20.8. The van der Waals surface area contributed by atoms with Gasteiger partial charge in [0.1, 0.15) is 0 Å². The Labute approximate surface area is 170 Å². The number of carbonyl (C=O) groups is 2. The highest BCUT2D eigenvalue weighted by Gasteiger charge is 2.46. The summed E-state index contributed by atoms with van der Waals surface area (Å²) < 4.78 is 5.21. The quantitative estimate of drug-likeness (QED) is 0.506. The van der Waals surface area contributed by atoms with E-state index in [0.717, 1.165) is 11.1 Å². The molecule has 8 heteroatoms. The predicted molar refractivity (Wildman–Crippen MR) is 108 cm³/mol. The van der Waals surface area contributed by atoms with E-state index in [9.17, 15) is 14.7 Å². The molecule has 4 heterocycles. The van der Waals surface area contributed by atoms with Crippen LogP contribution in [0.15, 0.2) is 76.9 Å². The number of rotatable bonds is 4. The van der Waals surface area contributed by atoms with Crippen molar-refractivity contribution in [3.8, 4) is 0 Å². The Morgan fingerprint density at radius 3 is 2.83 bits per heavy atom. The van der Waals surface area contributed by atoms with Crippen LogP contribution in [0.2, 0.25) is 0 Å². The van der Waals surface area contributed by atoms with Gasteiger partial charge in [-0.2, -0.15) is 0 Å². The van der Waals surface area contributed by atoms with Gasteiger partial charge < -0.3 is 14.5 Å². The molecule has 0 bridgehead atoms. The Morgan fingerprint density at radius 1 is 1.23 bits per heavy atom. The largest absolute Gasteiger partial charge is 0.503 e. The molecule has 2 N–H and O–H groups in total. The fourth-order valence-corrected chi connectivity index (χ4v) is 3.67. The van der Waals surface area contributed by atoms with Gasteiger partial charge in [-0.25, -0.2) is 4.98 Å². The van der Waals surface area contributed by atoms with Crippen LogP contribution in [0.3, 0.4) is 0 Å². The first kappa shape index (κ1) is 17.9. The molecule has 8 nitrogen and oxygen atoms in total. The first-order chi connectivity index (χ1) is 14.5. The molecule has 1 aliphatic heterocycles. The summed E-state index contributed by atoms with van der Waals surface area (Å²) in [6.07, 6.45) is 4.50. The molecule has 0 saturated heterocycles. The second-order valence-electron chi connectivity index (χ2n) is 7.01. The van der Waals surface area contributed by atoms with Gasteiger partial charge >= 0.3 is 0 Å². The minimum absolute atomic E-state index is 0.0281. The van der Waals surface area contributed by atoms with Crippen LogP contribution in [0.4, 0.5) is 5.95 Å². The summed E-state index contributed by atoms with van der Waals surface area (Å²) in [6, 6.07) is 11.2. The molecule has 1 aliphatic rings. The van der Waals surface area contributed by atoms with Crippen molar-refractivity contribution in [1.29, 1.82) is 0 Å². The smallest absolute Gasteiger partial charge is 0.296 e. The number of aliphatic hydroxyl groups excluding tert-OH is 1. The van der Waals surface area contributed by atoms with E-state index >= 15 is 0 Å². The molecule has 1 aromatic carbocycles. The molecule has 3 aromatic heterocycles. The molecule has 0 fully saturated rings. The van der Waals surface area contributed by atoms with Crippen LogP contribution in [-0.2, 0) is 4.79 Å². The maximum absolute atomic E-state index is 13.1. The maximum atomic E-state index is 13.1. The second-order valence-corrected chi connectivity index (χ2v) is 7.01. The highest BCUT2D eigenvalue weighted by molar-refractivity contribution is 6.19. The minimum Gasteiger partial charge on any atom is -0.503 e. The molecular weight excluding hydrogens is 384 g/mol.